The predicted octanol–water partition coefficient (Wildman–Crippen LogP) is 2.71. The van der Waals surface area contributed by atoms with E-state index in [2.05, 4.69) is 10.1 Å². The van der Waals surface area contributed by atoms with Gasteiger partial charge in [0.15, 0.2) is 5.16 Å². The summed E-state index contributed by atoms with van der Waals surface area (Å²) in [7, 11) is 1.92. The number of alkyl halides is 1. The summed E-state index contributed by atoms with van der Waals surface area (Å²) in [6.07, 6.45) is 6.46. The van der Waals surface area contributed by atoms with Crippen molar-refractivity contribution in [2.24, 2.45) is 7.05 Å². The van der Waals surface area contributed by atoms with Crippen LogP contribution in [0.5, 0.6) is 0 Å². The van der Waals surface area contributed by atoms with Crippen LogP contribution in [0.2, 0.25) is 0 Å². The van der Waals surface area contributed by atoms with E-state index >= 15 is 0 Å². The first-order valence-corrected chi connectivity index (χ1v) is 6.39. The molecule has 1 aromatic rings. The zero-order valence-electron chi connectivity index (χ0n) is 8.45. The van der Waals surface area contributed by atoms with Crippen molar-refractivity contribution >= 4 is 23.4 Å². The highest BCUT2D eigenvalue weighted by Gasteiger charge is 1.99. The number of halogens is 1. The van der Waals surface area contributed by atoms with E-state index in [4.69, 9.17) is 11.6 Å². The summed E-state index contributed by atoms with van der Waals surface area (Å²) >= 11 is 7.36. The average Bonchev–Trinajstić information content (AvgIpc) is 2.58. The number of unbranched alkanes of at least 4 members (excludes halogenated alkanes) is 3. The fourth-order valence-electron chi connectivity index (χ4n) is 1.13. The van der Waals surface area contributed by atoms with Crippen molar-refractivity contribution in [2.45, 2.75) is 30.8 Å². The second-order valence-corrected chi connectivity index (χ2v) is 4.56. The number of thioether (sulfide) groups is 1. The van der Waals surface area contributed by atoms with Crippen LogP contribution in [0.15, 0.2) is 11.5 Å². The third kappa shape index (κ3) is 4.33. The lowest BCUT2D eigenvalue weighted by Gasteiger charge is -2.00. The van der Waals surface area contributed by atoms with E-state index in [0.29, 0.717) is 0 Å². The Morgan fingerprint density at radius 3 is 2.79 bits per heavy atom. The van der Waals surface area contributed by atoms with Crippen molar-refractivity contribution < 1.29 is 0 Å². The quantitative estimate of drug-likeness (QED) is 0.412. The summed E-state index contributed by atoms with van der Waals surface area (Å²) in [6, 6.07) is 0. The number of rotatable bonds is 7. The molecule has 0 aliphatic heterocycles. The SMILES string of the molecule is Cn1ncnc1SCCCCCCCl. The molecule has 1 heterocycles. The fraction of sp³-hybridized carbons (Fsp3) is 0.778. The normalized spacial score (nSPS) is 10.7. The van der Waals surface area contributed by atoms with Gasteiger partial charge in [-0.05, 0) is 12.8 Å². The lowest BCUT2D eigenvalue weighted by atomic mass is 10.2. The van der Waals surface area contributed by atoms with Gasteiger partial charge >= 0.3 is 0 Å². The summed E-state index contributed by atoms with van der Waals surface area (Å²) in [5.74, 6) is 1.91. The molecule has 0 bridgehead atoms. The number of nitrogens with zero attached hydrogens (tertiary/aromatic N) is 3. The Balaban J connectivity index is 2.02. The number of aromatic nitrogens is 3. The van der Waals surface area contributed by atoms with Crippen molar-refractivity contribution in [2.75, 3.05) is 11.6 Å². The molecule has 0 saturated heterocycles. The van der Waals surface area contributed by atoms with Crippen LogP contribution in [0, 0.1) is 0 Å². The Labute approximate surface area is 94.2 Å². The van der Waals surface area contributed by atoms with Gasteiger partial charge in [0.1, 0.15) is 6.33 Å². The molecule has 1 rings (SSSR count). The second-order valence-electron chi connectivity index (χ2n) is 3.12. The van der Waals surface area contributed by atoms with Crippen molar-refractivity contribution in [3.63, 3.8) is 0 Å². The zero-order valence-corrected chi connectivity index (χ0v) is 10.0. The molecule has 0 atom stereocenters. The predicted molar refractivity (Wildman–Crippen MR) is 60.9 cm³/mol. The van der Waals surface area contributed by atoms with E-state index in [1.54, 1.807) is 18.1 Å². The molecule has 0 fully saturated rings. The second kappa shape index (κ2) is 7.12. The molecule has 0 aromatic carbocycles. The van der Waals surface area contributed by atoms with Crippen LogP contribution in [0.3, 0.4) is 0 Å². The van der Waals surface area contributed by atoms with Crippen LogP contribution < -0.4 is 0 Å². The Bertz CT molecular complexity index is 252. The Hall–Kier alpha value is -0.220. The van der Waals surface area contributed by atoms with Crippen molar-refractivity contribution in [1.29, 1.82) is 0 Å². The molecule has 14 heavy (non-hydrogen) atoms. The van der Waals surface area contributed by atoms with E-state index in [-0.39, 0.29) is 0 Å². The van der Waals surface area contributed by atoms with Gasteiger partial charge in [0, 0.05) is 18.7 Å². The molecule has 0 radical (unpaired) electrons. The number of aryl methyl sites for hydroxylation is 1. The summed E-state index contributed by atoms with van der Waals surface area (Å²) in [6.45, 7) is 0. The van der Waals surface area contributed by atoms with Crippen molar-refractivity contribution in [3.05, 3.63) is 6.33 Å². The minimum absolute atomic E-state index is 0.788. The van der Waals surface area contributed by atoms with Gasteiger partial charge in [-0.1, -0.05) is 24.6 Å². The highest BCUT2D eigenvalue weighted by Crippen LogP contribution is 2.15. The van der Waals surface area contributed by atoms with Crippen LogP contribution in [0.4, 0.5) is 0 Å². The van der Waals surface area contributed by atoms with Gasteiger partial charge < -0.3 is 0 Å². The molecule has 0 unspecified atom stereocenters. The molecule has 0 amide bonds. The molecule has 1 aromatic heterocycles. The maximum atomic E-state index is 5.59. The number of hydrogen-bond donors (Lipinski definition) is 0. The molecule has 0 N–H and O–H groups in total. The van der Waals surface area contributed by atoms with Gasteiger partial charge in [0.25, 0.3) is 0 Å². The monoisotopic (exact) mass is 233 g/mol. The molecule has 0 aliphatic carbocycles. The first-order chi connectivity index (χ1) is 6.84. The minimum Gasteiger partial charge on any atom is -0.244 e. The summed E-state index contributed by atoms with van der Waals surface area (Å²) < 4.78 is 1.81. The first-order valence-electron chi connectivity index (χ1n) is 4.87. The van der Waals surface area contributed by atoms with E-state index < -0.39 is 0 Å². The van der Waals surface area contributed by atoms with E-state index in [0.717, 1.165) is 23.2 Å². The lowest BCUT2D eigenvalue weighted by Crippen LogP contribution is -1.93. The van der Waals surface area contributed by atoms with Crippen LogP contribution >= 0.6 is 23.4 Å². The molecule has 3 nitrogen and oxygen atoms in total. The van der Waals surface area contributed by atoms with Gasteiger partial charge in [0.2, 0.25) is 0 Å². The van der Waals surface area contributed by atoms with Crippen LogP contribution in [0.25, 0.3) is 0 Å². The van der Waals surface area contributed by atoms with Crippen LogP contribution in [-0.2, 0) is 7.05 Å². The Kier molecular flexibility index (Phi) is 6.03. The van der Waals surface area contributed by atoms with E-state index in [1.165, 1.54) is 19.3 Å². The smallest absolute Gasteiger partial charge is 0.185 e. The fourth-order valence-corrected chi connectivity index (χ4v) is 2.21. The average molecular weight is 234 g/mol. The summed E-state index contributed by atoms with van der Waals surface area (Å²) in [5, 5.41) is 5.01. The molecular weight excluding hydrogens is 218 g/mol. The number of hydrogen-bond acceptors (Lipinski definition) is 3. The van der Waals surface area contributed by atoms with Gasteiger partial charge in [-0.15, -0.1) is 11.6 Å². The topological polar surface area (TPSA) is 30.7 Å². The highest BCUT2D eigenvalue weighted by molar-refractivity contribution is 7.99. The maximum absolute atomic E-state index is 5.59. The Morgan fingerprint density at radius 1 is 1.36 bits per heavy atom. The van der Waals surface area contributed by atoms with E-state index in [9.17, 15) is 0 Å². The lowest BCUT2D eigenvalue weighted by molar-refractivity contribution is 0.680. The Morgan fingerprint density at radius 2 is 2.14 bits per heavy atom. The zero-order chi connectivity index (χ0) is 10.2. The summed E-state index contributed by atoms with van der Waals surface area (Å²) in [5.41, 5.74) is 0. The third-order valence-electron chi connectivity index (χ3n) is 1.93. The van der Waals surface area contributed by atoms with Crippen LogP contribution in [0.1, 0.15) is 25.7 Å². The van der Waals surface area contributed by atoms with Gasteiger partial charge in [-0.2, -0.15) is 5.10 Å². The highest BCUT2D eigenvalue weighted by atomic mass is 35.5. The molecular formula is C9H16ClN3S. The largest absolute Gasteiger partial charge is 0.244 e. The van der Waals surface area contributed by atoms with Gasteiger partial charge in [-0.25, -0.2) is 9.67 Å². The minimum atomic E-state index is 0.788. The van der Waals surface area contributed by atoms with Gasteiger partial charge in [0.05, 0.1) is 0 Å². The summed E-state index contributed by atoms with van der Waals surface area (Å²) in [4.78, 5) is 4.14. The molecule has 0 aliphatic rings. The van der Waals surface area contributed by atoms with Crippen LogP contribution in [-0.4, -0.2) is 26.4 Å². The van der Waals surface area contributed by atoms with E-state index in [1.807, 2.05) is 11.7 Å². The molecule has 0 spiro atoms. The van der Waals surface area contributed by atoms with Gasteiger partial charge in [-0.3, -0.25) is 0 Å². The molecule has 5 heteroatoms. The standard InChI is InChI=1S/C9H16ClN3S/c1-13-9(11-8-12-13)14-7-5-3-2-4-6-10/h8H,2-7H2,1H3. The third-order valence-corrected chi connectivity index (χ3v) is 3.32. The van der Waals surface area contributed by atoms with Crippen molar-refractivity contribution in [3.8, 4) is 0 Å². The van der Waals surface area contributed by atoms with Crippen molar-refractivity contribution in [1.82, 2.24) is 14.8 Å². The maximum Gasteiger partial charge on any atom is 0.185 e. The first kappa shape index (κ1) is 11.9. The molecule has 80 valence electrons. The molecule has 0 saturated carbocycles.